The van der Waals surface area contributed by atoms with Crippen LogP contribution in [0.1, 0.15) is 31.2 Å². The van der Waals surface area contributed by atoms with E-state index in [1.165, 1.54) is 0 Å². The van der Waals surface area contributed by atoms with Gasteiger partial charge in [0, 0.05) is 48.2 Å². The second kappa shape index (κ2) is 6.72. The predicted molar refractivity (Wildman–Crippen MR) is 104 cm³/mol. The number of H-pyrrole nitrogens is 1. The fraction of sp³-hybridized carbons (Fsp3) is 0.364. The summed E-state index contributed by atoms with van der Waals surface area (Å²) in [6, 6.07) is 12.6. The zero-order valence-corrected chi connectivity index (χ0v) is 15.2. The normalized spacial score (nSPS) is 24.3. The number of rotatable bonds is 4. The van der Waals surface area contributed by atoms with Crippen molar-refractivity contribution < 1.29 is 9.53 Å². The molecule has 0 aliphatic carbocycles. The molecule has 1 N–H and O–H groups in total. The van der Waals surface area contributed by atoms with Crippen LogP contribution in [0, 0.1) is 0 Å². The first-order valence-electron chi connectivity index (χ1n) is 9.71. The average molecular weight is 361 g/mol. The van der Waals surface area contributed by atoms with Crippen molar-refractivity contribution in [2.75, 3.05) is 0 Å². The van der Waals surface area contributed by atoms with Crippen LogP contribution >= 0.6 is 0 Å². The molecule has 5 nitrogen and oxygen atoms in total. The van der Waals surface area contributed by atoms with E-state index < -0.39 is 0 Å². The second-order valence-electron chi connectivity index (χ2n) is 7.62. The van der Waals surface area contributed by atoms with Gasteiger partial charge in [0.2, 0.25) is 5.91 Å². The molecule has 2 bridgehead atoms. The fourth-order valence-corrected chi connectivity index (χ4v) is 4.77. The Morgan fingerprint density at radius 2 is 1.96 bits per heavy atom. The van der Waals surface area contributed by atoms with Crippen molar-refractivity contribution in [2.24, 2.45) is 0 Å². The van der Waals surface area contributed by atoms with E-state index in [1.54, 1.807) is 12.4 Å². The molecule has 1 amide bonds. The van der Waals surface area contributed by atoms with Crippen LogP contribution in [0.3, 0.4) is 0 Å². The summed E-state index contributed by atoms with van der Waals surface area (Å²) >= 11 is 0. The van der Waals surface area contributed by atoms with E-state index in [0.717, 1.165) is 47.9 Å². The molecule has 0 spiro atoms. The Hall–Kier alpha value is -2.82. The van der Waals surface area contributed by atoms with E-state index in [-0.39, 0.29) is 12.0 Å². The van der Waals surface area contributed by atoms with Crippen LogP contribution in [0.5, 0.6) is 5.75 Å². The molecule has 138 valence electrons. The molecular formula is C22H23N3O2. The van der Waals surface area contributed by atoms with Gasteiger partial charge >= 0.3 is 0 Å². The van der Waals surface area contributed by atoms with E-state index in [9.17, 15) is 4.79 Å². The molecule has 5 rings (SSSR count). The molecule has 2 fully saturated rings. The number of fused-ring (bicyclic) bond motifs is 3. The molecule has 27 heavy (non-hydrogen) atoms. The molecule has 0 radical (unpaired) electrons. The number of pyridine rings is 1. The first-order chi connectivity index (χ1) is 13.3. The molecule has 1 aromatic carbocycles. The number of piperidine rings is 1. The van der Waals surface area contributed by atoms with Gasteiger partial charge in [0.15, 0.2) is 0 Å². The third-order valence-corrected chi connectivity index (χ3v) is 5.93. The molecule has 3 aromatic rings. The number of nitrogens with one attached hydrogen (secondary N) is 1. The standard InChI is InChI=1S/C22H23N3O2/c26-22(10-15-13-24-21-6-2-1-5-20(15)21)25-16-7-8-17(25)12-19(11-16)27-18-4-3-9-23-14-18/h1-6,9,13-14,16-17,19,24H,7-8,10-12H2. The molecule has 2 saturated heterocycles. The number of ether oxygens (including phenoxy) is 1. The molecule has 2 atom stereocenters. The number of hydrogen-bond acceptors (Lipinski definition) is 3. The van der Waals surface area contributed by atoms with Crippen molar-refractivity contribution in [1.82, 2.24) is 14.9 Å². The summed E-state index contributed by atoms with van der Waals surface area (Å²) in [5.74, 6) is 1.06. The van der Waals surface area contributed by atoms with E-state index in [4.69, 9.17) is 4.74 Å². The zero-order valence-electron chi connectivity index (χ0n) is 15.2. The Bertz CT molecular complexity index is 938. The zero-order chi connectivity index (χ0) is 18.2. The van der Waals surface area contributed by atoms with Crippen LogP contribution < -0.4 is 4.74 Å². The lowest BCUT2D eigenvalue weighted by Crippen LogP contribution is -2.49. The fourth-order valence-electron chi connectivity index (χ4n) is 4.77. The highest BCUT2D eigenvalue weighted by Crippen LogP contribution is 2.38. The van der Waals surface area contributed by atoms with Gasteiger partial charge in [0.1, 0.15) is 11.9 Å². The Kier molecular flexibility index (Phi) is 4.07. The van der Waals surface area contributed by atoms with E-state index >= 15 is 0 Å². The number of benzene rings is 1. The lowest BCUT2D eigenvalue weighted by molar-refractivity contribution is -0.136. The highest BCUT2D eigenvalue weighted by Gasteiger charge is 2.43. The molecule has 5 heteroatoms. The maximum Gasteiger partial charge on any atom is 0.227 e. The topological polar surface area (TPSA) is 58.2 Å². The maximum absolute atomic E-state index is 13.1. The third-order valence-electron chi connectivity index (χ3n) is 5.93. The van der Waals surface area contributed by atoms with Gasteiger partial charge < -0.3 is 14.6 Å². The summed E-state index contributed by atoms with van der Waals surface area (Å²) in [5, 5.41) is 1.15. The van der Waals surface area contributed by atoms with Crippen LogP contribution in [0.4, 0.5) is 0 Å². The van der Waals surface area contributed by atoms with Gasteiger partial charge in [-0.2, -0.15) is 0 Å². The number of hydrogen-bond donors (Lipinski definition) is 1. The minimum atomic E-state index is 0.170. The lowest BCUT2D eigenvalue weighted by atomic mass is 9.98. The number of nitrogens with zero attached hydrogens (tertiary/aromatic N) is 2. The SMILES string of the molecule is O=C(Cc1c[nH]c2ccccc12)N1C2CCC1CC(Oc1cccnc1)C2. The summed E-state index contributed by atoms with van der Waals surface area (Å²) in [6.07, 6.45) is 10.1. The molecule has 2 unspecified atom stereocenters. The average Bonchev–Trinajstić information content (AvgIpc) is 3.21. The van der Waals surface area contributed by atoms with Crippen LogP contribution in [0.2, 0.25) is 0 Å². The number of para-hydroxylation sites is 1. The molecule has 4 heterocycles. The number of carbonyl (C=O) groups excluding carboxylic acids is 1. The third kappa shape index (κ3) is 3.07. The van der Waals surface area contributed by atoms with Gasteiger partial charge in [-0.25, -0.2) is 0 Å². The van der Waals surface area contributed by atoms with Gasteiger partial charge in [-0.1, -0.05) is 18.2 Å². The van der Waals surface area contributed by atoms with Gasteiger partial charge in [-0.3, -0.25) is 9.78 Å². The largest absolute Gasteiger partial charge is 0.489 e. The predicted octanol–water partition coefficient (Wildman–Crippen LogP) is 3.71. The monoisotopic (exact) mass is 361 g/mol. The maximum atomic E-state index is 13.1. The second-order valence-corrected chi connectivity index (χ2v) is 7.62. The van der Waals surface area contributed by atoms with Crippen molar-refractivity contribution >= 4 is 16.8 Å². The first kappa shape index (κ1) is 16.4. The van der Waals surface area contributed by atoms with Crippen LogP contribution in [-0.4, -0.2) is 39.0 Å². The first-order valence-corrected chi connectivity index (χ1v) is 9.71. The number of aromatic nitrogens is 2. The molecule has 2 aliphatic heterocycles. The molecular weight excluding hydrogens is 338 g/mol. The Morgan fingerprint density at radius 1 is 1.15 bits per heavy atom. The van der Waals surface area contributed by atoms with Gasteiger partial charge in [0.05, 0.1) is 12.6 Å². The van der Waals surface area contributed by atoms with Crippen molar-refractivity contribution in [3.8, 4) is 5.75 Å². The quantitative estimate of drug-likeness (QED) is 0.771. The van der Waals surface area contributed by atoms with E-state index in [0.29, 0.717) is 18.5 Å². The minimum Gasteiger partial charge on any atom is -0.489 e. The Morgan fingerprint density at radius 3 is 2.74 bits per heavy atom. The summed E-state index contributed by atoms with van der Waals surface area (Å²) in [6.45, 7) is 0. The lowest BCUT2D eigenvalue weighted by Gasteiger charge is -2.39. The molecule has 2 aromatic heterocycles. The van der Waals surface area contributed by atoms with Gasteiger partial charge in [0.25, 0.3) is 0 Å². The van der Waals surface area contributed by atoms with Gasteiger partial charge in [-0.05, 0) is 36.6 Å². The smallest absolute Gasteiger partial charge is 0.227 e. The van der Waals surface area contributed by atoms with Crippen molar-refractivity contribution in [1.29, 1.82) is 0 Å². The van der Waals surface area contributed by atoms with Crippen molar-refractivity contribution in [2.45, 2.75) is 50.3 Å². The number of carbonyl (C=O) groups is 1. The van der Waals surface area contributed by atoms with Gasteiger partial charge in [-0.15, -0.1) is 0 Å². The highest BCUT2D eigenvalue weighted by atomic mass is 16.5. The summed E-state index contributed by atoms with van der Waals surface area (Å²) in [5.41, 5.74) is 2.18. The Labute approximate surface area is 158 Å². The van der Waals surface area contributed by atoms with Crippen molar-refractivity contribution in [3.63, 3.8) is 0 Å². The Balaban J connectivity index is 1.28. The minimum absolute atomic E-state index is 0.170. The van der Waals surface area contributed by atoms with Crippen LogP contribution in [0.15, 0.2) is 55.0 Å². The summed E-state index contributed by atoms with van der Waals surface area (Å²) in [4.78, 5) is 22.6. The van der Waals surface area contributed by atoms with E-state index in [2.05, 4.69) is 20.9 Å². The highest BCUT2D eigenvalue weighted by molar-refractivity contribution is 5.89. The van der Waals surface area contributed by atoms with Crippen molar-refractivity contribution in [3.05, 3.63) is 60.6 Å². The van der Waals surface area contributed by atoms with Crippen LogP contribution in [-0.2, 0) is 11.2 Å². The number of aromatic amines is 1. The summed E-state index contributed by atoms with van der Waals surface area (Å²) in [7, 11) is 0. The van der Waals surface area contributed by atoms with E-state index in [1.807, 2.05) is 36.5 Å². The number of amides is 1. The summed E-state index contributed by atoms with van der Waals surface area (Å²) < 4.78 is 6.12. The molecule has 0 saturated carbocycles. The molecule has 2 aliphatic rings. The van der Waals surface area contributed by atoms with Crippen LogP contribution in [0.25, 0.3) is 10.9 Å².